The third-order valence-corrected chi connectivity index (χ3v) is 2.79. The number of hydrogen-bond donors (Lipinski definition) is 1. The van der Waals surface area contributed by atoms with Crippen LogP contribution in [-0.2, 0) is 4.79 Å². The molecule has 0 aromatic carbocycles. The summed E-state index contributed by atoms with van der Waals surface area (Å²) in [6, 6.07) is 0. The molecule has 1 N–H and O–H groups in total. The maximum atomic E-state index is 12.8. The molecule has 0 saturated heterocycles. The zero-order valence-electron chi connectivity index (χ0n) is 7.59. The van der Waals surface area contributed by atoms with E-state index < -0.39 is 23.7 Å². The standard InChI is InChI=1S/C9H14F2O2/c1-9(10,11)7-4-2-6(3-5-7)8(12)13/h6-7H,2-5H2,1H3,(H,12,13). The monoisotopic (exact) mass is 192 g/mol. The quantitative estimate of drug-likeness (QED) is 0.729. The zero-order chi connectivity index (χ0) is 10.1. The van der Waals surface area contributed by atoms with Gasteiger partial charge in [0.15, 0.2) is 0 Å². The van der Waals surface area contributed by atoms with Crippen molar-refractivity contribution in [2.24, 2.45) is 11.8 Å². The van der Waals surface area contributed by atoms with Crippen molar-refractivity contribution in [3.63, 3.8) is 0 Å². The van der Waals surface area contributed by atoms with E-state index >= 15 is 0 Å². The summed E-state index contributed by atoms with van der Waals surface area (Å²) in [5.74, 6) is -4.52. The van der Waals surface area contributed by atoms with Crippen molar-refractivity contribution in [3.05, 3.63) is 0 Å². The second-order valence-electron chi connectivity index (χ2n) is 3.84. The normalized spacial score (nSPS) is 30.1. The molecule has 0 radical (unpaired) electrons. The van der Waals surface area contributed by atoms with Gasteiger partial charge in [0.05, 0.1) is 5.92 Å². The van der Waals surface area contributed by atoms with E-state index in [1.165, 1.54) is 0 Å². The fourth-order valence-corrected chi connectivity index (χ4v) is 1.85. The molecule has 1 saturated carbocycles. The number of halogens is 2. The van der Waals surface area contributed by atoms with Gasteiger partial charge < -0.3 is 5.11 Å². The summed E-state index contributed by atoms with van der Waals surface area (Å²) in [5, 5.41) is 8.64. The SMILES string of the molecule is CC(F)(F)C1CCC(C(=O)O)CC1. The Hall–Kier alpha value is -0.670. The topological polar surface area (TPSA) is 37.3 Å². The van der Waals surface area contributed by atoms with Gasteiger partial charge in [0.1, 0.15) is 0 Å². The third-order valence-electron chi connectivity index (χ3n) is 2.79. The van der Waals surface area contributed by atoms with E-state index in [1.54, 1.807) is 0 Å². The van der Waals surface area contributed by atoms with Gasteiger partial charge in [0, 0.05) is 5.92 Å². The molecular formula is C9H14F2O2. The van der Waals surface area contributed by atoms with Gasteiger partial charge in [-0.05, 0) is 32.6 Å². The summed E-state index contributed by atoms with van der Waals surface area (Å²) in [6.45, 7) is 0.915. The molecule has 0 aromatic heterocycles. The molecule has 1 rings (SSSR count). The number of carboxylic acids is 1. The van der Waals surface area contributed by atoms with Crippen LogP contribution < -0.4 is 0 Å². The molecule has 13 heavy (non-hydrogen) atoms. The van der Waals surface area contributed by atoms with E-state index in [9.17, 15) is 13.6 Å². The predicted octanol–water partition coefficient (Wildman–Crippen LogP) is 2.53. The van der Waals surface area contributed by atoms with Gasteiger partial charge in [-0.25, -0.2) is 8.78 Å². The van der Waals surface area contributed by atoms with Crippen LogP contribution in [0.15, 0.2) is 0 Å². The summed E-state index contributed by atoms with van der Waals surface area (Å²) in [5.41, 5.74) is 0. The van der Waals surface area contributed by atoms with E-state index in [1.807, 2.05) is 0 Å². The van der Waals surface area contributed by atoms with Crippen molar-refractivity contribution in [3.8, 4) is 0 Å². The molecule has 0 unspecified atom stereocenters. The molecule has 1 aliphatic rings. The molecule has 0 aromatic rings. The Labute approximate surface area is 75.9 Å². The molecule has 0 atom stereocenters. The Morgan fingerprint density at radius 1 is 1.31 bits per heavy atom. The van der Waals surface area contributed by atoms with E-state index in [0.29, 0.717) is 25.7 Å². The van der Waals surface area contributed by atoms with Crippen LogP contribution >= 0.6 is 0 Å². The highest BCUT2D eigenvalue weighted by molar-refractivity contribution is 5.69. The van der Waals surface area contributed by atoms with Crippen LogP contribution in [0, 0.1) is 11.8 Å². The van der Waals surface area contributed by atoms with Crippen LogP contribution in [0.4, 0.5) is 8.78 Å². The van der Waals surface area contributed by atoms with Gasteiger partial charge in [-0.2, -0.15) is 0 Å². The fourth-order valence-electron chi connectivity index (χ4n) is 1.85. The highest BCUT2D eigenvalue weighted by Crippen LogP contribution is 2.38. The van der Waals surface area contributed by atoms with Crippen LogP contribution in [0.5, 0.6) is 0 Å². The second-order valence-corrected chi connectivity index (χ2v) is 3.84. The Balaban J connectivity index is 2.44. The van der Waals surface area contributed by atoms with E-state index in [0.717, 1.165) is 6.92 Å². The van der Waals surface area contributed by atoms with Gasteiger partial charge in [-0.3, -0.25) is 4.79 Å². The Bertz CT molecular complexity index is 190. The Kier molecular flexibility index (Phi) is 2.88. The summed E-state index contributed by atoms with van der Waals surface area (Å²) in [4.78, 5) is 10.5. The van der Waals surface area contributed by atoms with Crippen molar-refractivity contribution < 1.29 is 18.7 Å². The Morgan fingerprint density at radius 2 is 1.77 bits per heavy atom. The van der Waals surface area contributed by atoms with Crippen LogP contribution in [0.25, 0.3) is 0 Å². The number of hydrogen-bond acceptors (Lipinski definition) is 1. The minimum Gasteiger partial charge on any atom is -0.481 e. The summed E-state index contributed by atoms with van der Waals surface area (Å²) in [6.07, 6.45) is 1.45. The maximum Gasteiger partial charge on any atom is 0.306 e. The first-order valence-electron chi connectivity index (χ1n) is 4.52. The number of carboxylic acid groups (broad SMARTS) is 1. The predicted molar refractivity (Wildman–Crippen MR) is 43.7 cm³/mol. The molecule has 76 valence electrons. The summed E-state index contributed by atoms with van der Waals surface area (Å²) >= 11 is 0. The molecular weight excluding hydrogens is 178 g/mol. The van der Waals surface area contributed by atoms with Crippen molar-refractivity contribution in [2.45, 2.75) is 38.5 Å². The van der Waals surface area contributed by atoms with E-state index in [2.05, 4.69) is 0 Å². The molecule has 1 fully saturated rings. The molecule has 4 heteroatoms. The maximum absolute atomic E-state index is 12.8. The van der Waals surface area contributed by atoms with Crippen molar-refractivity contribution in [1.82, 2.24) is 0 Å². The number of alkyl halides is 2. The zero-order valence-corrected chi connectivity index (χ0v) is 7.59. The average Bonchev–Trinajstić information content (AvgIpc) is 2.03. The highest BCUT2D eigenvalue weighted by Gasteiger charge is 2.38. The van der Waals surface area contributed by atoms with Gasteiger partial charge in [-0.1, -0.05) is 0 Å². The highest BCUT2D eigenvalue weighted by atomic mass is 19.3. The van der Waals surface area contributed by atoms with E-state index in [4.69, 9.17) is 5.11 Å². The van der Waals surface area contributed by atoms with E-state index in [-0.39, 0.29) is 0 Å². The molecule has 0 heterocycles. The Morgan fingerprint density at radius 3 is 2.08 bits per heavy atom. The van der Waals surface area contributed by atoms with Gasteiger partial charge >= 0.3 is 5.97 Å². The lowest BCUT2D eigenvalue weighted by molar-refractivity contribution is -0.144. The summed E-state index contributed by atoms with van der Waals surface area (Å²) in [7, 11) is 0. The van der Waals surface area contributed by atoms with Crippen LogP contribution in [-0.4, -0.2) is 17.0 Å². The number of rotatable bonds is 2. The second kappa shape index (κ2) is 3.60. The number of aliphatic carboxylic acids is 1. The first-order chi connectivity index (χ1) is 5.91. The lowest BCUT2D eigenvalue weighted by atomic mass is 9.79. The van der Waals surface area contributed by atoms with Crippen molar-refractivity contribution in [1.29, 1.82) is 0 Å². The van der Waals surface area contributed by atoms with Gasteiger partial charge in [-0.15, -0.1) is 0 Å². The first-order valence-corrected chi connectivity index (χ1v) is 4.52. The molecule has 0 amide bonds. The number of carbonyl (C=O) groups is 1. The fraction of sp³-hybridized carbons (Fsp3) is 0.889. The first kappa shape index (κ1) is 10.4. The third kappa shape index (κ3) is 2.64. The molecule has 2 nitrogen and oxygen atoms in total. The van der Waals surface area contributed by atoms with Crippen LogP contribution in [0.2, 0.25) is 0 Å². The largest absolute Gasteiger partial charge is 0.481 e. The van der Waals surface area contributed by atoms with Crippen LogP contribution in [0.1, 0.15) is 32.6 Å². The lowest BCUT2D eigenvalue weighted by Gasteiger charge is -2.29. The lowest BCUT2D eigenvalue weighted by Crippen LogP contribution is -2.31. The van der Waals surface area contributed by atoms with Crippen molar-refractivity contribution in [2.75, 3.05) is 0 Å². The minimum absolute atomic E-state index is 0.334. The summed E-state index contributed by atoms with van der Waals surface area (Å²) < 4.78 is 25.6. The van der Waals surface area contributed by atoms with Crippen molar-refractivity contribution >= 4 is 5.97 Å². The van der Waals surface area contributed by atoms with Gasteiger partial charge in [0.2, 0.25) is 5.92 Å². The van der Waals surface area contributed by atoms with Crippen LogP contribution in [0.3, 0.4) is 0 Å². The molecule has 0 spiro atoms. The van der Waals surface area contributed by atoms with Gasteiger partial charge in [0.25, 0.3) is 0 Å². The smallest absolute Gasteiger partial charge is 0.306 e. The molecule has 0 aliphatic heterocycles. The molecule has 0 bridgehead atoms. The molecule has 1 aliphatic carbocycles. The average molecular weight is 192 g/mol. The minimum atomic E-state index is -2.65.